The summed E-state index contributed by atoms with van der Waals surface area (Å²) in [5.74, 6) is -0.0553. The van der Waals surface area contributed by atoms with Crippen LogP contribution in [0.25, 0.3) is 0 Å². The summed E-state index contributed by atoms with van der Waals surface area (Å²) < 4.78 is 11.2. The maximum Gasteiger partial charge on any atom is 0.249 e. The second-order valence-corrected chi connectivity index (χ2v) is 5.60. The van der Waals surface area contributed by atoms with Crippen molar-refractivity contribution in [3.8, 4) is 0 Å². The third kappa shape index (κ3) is 6.11. The SMILES string of the molecule is CCCOCc1ccccc1CNC(=O)[C@@H]1CC[C@H](CN)O1.Cl. The van der Waals surface area contributed by atoms with Gasteiger partial charge in [-0.1, -0.05) is 31.2 Å². The Morgan fingerprint density at radius 3 is 2.74 bits per heavy atom. The number of nitrogens with one attached hydrogen (secondary N) is 1. The maximum absolute atomic E-state index is 12.1. The molecule has 6 heteroatoms. The van der Waals surface area contributed by atoms with Crippen molar-refractivity contribution in [1.82, 2.24) is 5.32 Å². The summed E-state index contributed by atoms with van der Waals surface area (Å²) in [6.45, 7) is 4.38. The number of hydrogen-bond acceptors (Lipinski definition) is 4. The van der Waals surface area contributed by atoms with Crippen LogP contribution >= 0.6 is 12.4 Å². The molecule has 23 heavy (non-hydrogen) atoms. The first-order valence-electron chi connectivity index (χ1n) is 8.02. The van der Waals surface area contributed by atoms with Crippen LogP contribution in [0.4, 0.5) is 0 Å². The molecule has 1 saturated heterocycles. The van der Waals surface area contributed by atoms with Gasteiger partial charge in [0.25, 0.3) is 0 Å². The first kappa shape index (κ1) is 19.9. The summed E-state index contributed by atoms with van der Waals surface area (Å²) >= 11 is 0. The minimum Gasteiger partial charge on any atom is -0.377 e. The zero-order valence-electron chi connectivity index (χ0n) is 13.6. The van der Waals surface area contributed by atoms with E-state index in [4.69, 9.17) is 15.2 Å². The van der Waals surface area contributed by atoms with Gasteiger partial charge in [-0.3, -0.25) is 4.79 Å². The predicted octanol–water partition coefficient (Wildman–Crippen LogP) is 2.16. The van der Waals surface area contributed by atoms with Crippen molar-refractivity contribution >= 4 is 18.3 Å². The molecule has 0 aromatic heterocycles. The number of carbonyl (C=O) groups excluding carboxylic acids is 1. The molecule has 1 aliphatic rings. The van der Waals surface area contributed by atoms with Crippen LogP contribution in [-0.4, -0.2) is 31.3 Å². The molecular weight excluding hydrogens is 316 g/mol. The number of halogens is 1. The highest BCUT2D eigenvalue weighted by Crippen LogP contribution is 2.19. The number of amides is 1. The van der Waals surface area contributed by atoms with Crippen LogP contribution in [0.2, 0.25) is 0 Å². The van der Waals surface area contributed by atoms with Crippen LogP contribution < -0.4 is 11.1 Å². The zero-order valence-corrected chi connectivity index (χ0v) is 14.4. The van der Waals surface area contributed by atoms with E-state index in [2.05, 4.69) is 12.2 Å². The zero-order chi connectivity index (χ0) is 15.8. The van der Waals surface area contributed by atoms with Gasteiger partial charge in [0.1, 0.15) is 6.10 Å². The third-order valence-corrected chi connectivity index (χ3v) is 3.84. The molecule has 0 bridgehead atoms. The van der Waals surface area contributed by atoms with Crippen LogP contribution in [0, 0.1) is 0 Å². The van der Waals surface area contributed by atoms with Gasteiger partial charge in [0.05, 0.1) is 12.7 Å². The molecule has 0 unspecified atom stereocenters. The Morgan fingerprint density at radius 1 is 1.35 bits per heavy atom. The second kappa shape index (κ2) is 10.6. The van der Waals surface area contributed by atoms with Gasteiger partial charge >= 0.3 is 0 Å². The van der Waals surface area contributed by atoms with Crippen molar-refractivity contribution in [2.45, 2.75) is 51.5 Å². The Bertz CT molecular complexity index is 485. The fraction of sp³-hybridized carbons (Fsp3) is 0.588. The summed E-state index contributed by atoms with van der Waals surface area (Å²) in [4.78, 5) is 12.1. The van der Waals surface area contributed by atoms with Crippen LogP contribution in [-0.2, 0) is 27.4 Å². The van der Waals surface area contributed by atoms with E-state index in [1.54, 1.807) is 0 Å². The van der Waals surface area contributed by atoms with Crippen molar-refractivity contribution in [1.29, 1.82) is 0 Å². The largest absolute Gasteiger partial charge is 0.377 e. The van der Waals surface area contributed by atoms with Crippen LogP contribution in [0.15, 0.2) is 24.3 Å². The maximum atomic E-state index is 12.1. The van der Waals surface area contributed by atoms with E-state index < -0.39 is 0 Å². The van der Waals surface area contributed by atoms with Crippen molar-refractivity contribution in [2.75, 3.05) is 13.2 Å². The average molecular weight is 343 g/mol. The Hall–Kier alpha value is -1.14. The predicted molar refractivity (Wildman–Crippen MR) is 92.4 cm³/mol. The fourth-order valence-electron chi connectivity index (χ4n) is 2.57. The summed E-state index contributed by atoms with van der Waals surface area (Å²) in [6, 6.07) is 8.01. The highest BCUT2D eigenvalue weighted by molar-refractivity contribution is 5.85. The molecule has 0 aliphatic carbocycles. The van der Waals surface area contributed by atoms with E-state index in [1.165, 1.54) is 0 Å². The molecule has 1 amide bonds. The van der Waals surface area contributed by atoms with Gasteiger partial charge in [-0.25, -0.2) is 0 Å². The molecule has 0 spiro atoms. The molecule has 2 rings (SSSR count). The smallest absolute Gasteiger partial charge is 0.249 e. The molecule has 3 N–H and O–H groups in total. The van der Waals surface area contributed by atoms with Gasteiger partial charge in [0, 0.05) is 19.7 Å². The Kier molecular flexibility index (Phi) is 9.17. The minimum atomic E-state index is -0.364. The van der Waals surface area contributed by atoms with E-state index in [1.807, 2.05) is 24.3 Å². The van der Waals surface area contributed by atoms with E-state index in [-0.39, 0.29) is 30.5 Å². The number of nitrogens with two attached hydrogens (primary N) is 1. The molecule has 1 fully saturated rings. The average Bonchev–Trinajstić information content (AvgIpc) is 3.03. The molecule has 130 valence electrons. The quantitative estimate of drug-likeness (QED) is 0.710. The van der Waals surface area contributed by atoms with Crippen molar-refractivity contribution < 1.29 is 14.3 Å². The number of carbonyl (C=O) groups is 1. The summed E-state index contributed by atoms with van der Waals surface area (Å²) in [5.41, 5.74) is 7.77. The normalized spacial score (nSPS) is 20.1. The van der Waals surface area contributed by atoms with Crippen molar-refractivity contribution in [3.05, 3.63) is 35.4 Å². The summed E-state index contributed by atoms with van der Waals surface area (Å²) in [6.07, 6.45) is 2.26. The molecule has 0 radical (unpaired) electrons. The van der Waals surface area contributed by atoms with Gasteiger partial charge in [-0.15, -0.1) is 12.4 Å². The molecular formula is C17H27ClN2O3. The molecule has 2 atom stereocenters. The topological polar surface area (TPSA) is 73.6 Å². The molecule has 1 aromatic rings. The Morgan fingerprint density at radius 2 is 2.09 bits per heavy atom. The Balaban J connectivity index is 0.00000264. The Labute approximate surface area is 144 Å². The van der Waals surface area contributed by atoms with E-state index in [0.29, 0.717) is 19.7 Å². The third-order valence-electron chi connectivity index (χ3n) is 3.84. The lowest BCUT2D eigenvalue weighted by Crippen LogP contribution is -2.35. The summed E-state index contributed by atoms with van der Waals surface area (Å²) in [7, 11) is 0. The number of rotatable bonds is 8. The van der Waals surface area contributed by atoms with Crippen molar-refractivity contribution in [3.63, 3.8) is 0 Å². The van der Waals surface area contributed by atoms with Crippen LogP contribution in [0.1, 0.15) is 37.3 Å². The van der Waals surface area contributed by atoms with Crippen LogP contribution in [0.5, 0.6) is 0 Å². The highest BCUT2D eigenvalue weighted by atomic mass is 35.5. The lowest BCUT2D eigenvalue weighted by molar-refractivity contribution is -0.132. The first-order valence-corrected chi connectivity index (χ1v) is 8.02. The minimum absolute atomic E-state index is 0. The first-order chi connectivity index (χ1) is 10.7. The molecule has 5 nitrogen and oxygen atoms in total. The number of ether oxygens (including phenoxy) is 2. The number of benzene rings is 1. The highest BCUT2D eigenvalue weighted by Gasteiger charge is 2.29. The van der Waals surface area contributed by atoms with Gasteiger partial charge in [-0.2, -0.15) is 0 Å². The molecule has 0 saturated carbocycles. The molecule has 1 aliphatic heterocycles. The summed E-state index contributed by atoms with van der Waals surface area (Å²) in [5, 5.41) is 2.96. The van der Waals surface area contributed by atoms with E-state index in [0.717, 1.165) is 37.0 Å². The van der Waals surface area contributed by atoms with Crippen molar-refractivity contribution in [2.24, 2.45) is 5.73 Å². The van der Waals surface area contributed by atoms with Gasteiger partial charge < -0.3 is 20.5 Å². The molecule has 1 heterocycles. The van der Waals surface area contributed by atoms with Crippen LogP contribution in [0.3, 0.4) is 0 Å². The van der Waals surface area contributed by atoms with Gasteiger partial charge in [0.15, 0.2) is 0 Å². The van der Waals surface area contributed by atoms with Gasteiger partial charge in [-0.05, 0) is 30.4 Å². The molecule has 1 aromatic carbocycles. The fourth-order valence-corrected chi connectivity index (χ4v) is 2.57. The second-order valence-electron chi connectivity index (χ2n) is 5.60. The van der Waals surface area contributed by atoms with E-state index in [9.17, 15) is 4.79 Å². The van der Waals surface area contributed by atoms with Gasteiger partial charge in [0.2, 0.25) is 5.91 Å². The monoisotopic (exact) mass is 342 g/mol. The van der Waals surface area contributed by atoms with E-state index >= 15 is 0 Å². The lowest BCUT2D eigenvalue weighted by Gasteiger charge is -2.14. The lowest BCUT2D eigenvalue weighted by atomic mass is 10.1. The standard InChI is InChI=1S/C17H26N2O3.ClH/c1-2-9-21-12-14-6-4-3-5-13(14)11-19-17(20)16-8-7-15(10-18)22-16;/h3-6,15-16H,2,7-12,18H2,1H3,(H,19,20);1H/t15-,16+;/m1./s1. The number of hydrogen-bond donors (Lipinski definition) is 2.